The predicted molar refractivity (Wildman–Crippen MR) is 45.1 cm³/mol. The molecule has 2 rings (SSSR count). The smallest absolute Gasteiger partial charge is 0.326 e. The number of fused-ring (bicyclic) bond motifs is 1. The lowest BCUT2D eigenvalue weighted by molar-refractivity contribution is -0.151. The summed E-state index contributed by atoms with van der Waals surface area (Å²) >= 11 is 0. The van der Waals surface area contributed by atoms with Crippen molar-refractivity contribution in [2.45, 2.75) is 31.0 Å². The van der Waals surface area contributed by atoms with E-state index in [0.717, 1.165) is 19.4 Å². The molecule has 0 amide bonds. The number of methoxy groups -OCH3 is 1. The Morgan fingerprint density at radius 3 is 3.15 bits per heavy atom. The number of alkyl halides is 1. The van der Waals surface area contributed by atoms with Gasteiger partial charge in [-0.2, -0.15) is 0 Å². The van der Waals surface area contributed by atoms with Gasteiger partial charge in [-0.1, -0.05) is 0 Å². The molecule has 2 saturated heterocycles. The minimum Gasteiger partial charge on any atom is -0.468 e. The Balaban J connectivity index is 2.23. The summed E-state index contributed by atoms with van der Waals surface area (Å²) in [5.41, 5.74) is -0.617. The lowest BCUT2D eigenvalue weighted by atomic mass is 9.94. The molecule has 0 aromatic heterocycles. The van der Waals surface area contributed by atoms with Crippen LogP contribution in [0.5, 0.6) is 0 Å². The minimum absolute atomic E-state index is 0.259. The molecule has 2 heterocycles. The second kappa shape index (κ2) is 2.94. The molecule has 2 aliphatic heterocycles. The summed E-state index contributed by atoms with van der Waals surface area (Å²) < 4.78 is 17.9. The van der Waals surface area contributed by atoms with Crippen LogP contribution < -0.4 is 0 Å². The van der Waals surface area contributed by atoms with Crippen LogP contribution in [0, 0.1) is 0 Å². The summed E-state index contributed by atoms with van der Waals surface area (Å²) in [4.78, 5) is 13.5. The molecule has 13 heavy (non-hydrogen) atoms. The van der Waals surface area contributed by atoms with Gasteiger partial charge >= 0.3 is 5.97 Å². The quantitative estimate of drug-likeness (QED) is 0.567. The van der Waals surface area contributed by atoms with Gasteiger partial charge in [-0.3, -0.25) is 9.69 Å². The first kappa shape index (κ1) is 8.94. The zero-order chi connectivity index (χ0) is 9.47. The van der Waals surface area contributed by atoms with Gasteiger partial charge < -0.3 is 4.74 Å². The van der Waals surface area contributed by atoms with E-state index in [2.05, 4.69) is 0 Å². The van der Waals surface area contributed by atoms with Gasteiger partial charge in [0.1, 0.15) is 11.7 Å². The van der Waals surface area contributed by atoms with Crippen LogP contribution in [0.4, 0.5) is 4.39 Å². The molecule has 0 saturated carbocycles. The summed E-state index contributed by atoms with van der Waals surface area (Å²) in [6.45, 7) is 1.23. The van der Waals surface area contributed by atoms with Crippen molar-refractivity contribution in [3.8, 4) is 0 Å². The van der Waals surface area contributed by atoms with Crippen LogP contribution in [0.25, 0.3) is 0 Å². The van der Waals surface area contributed by atoms with E-state index < -0.39 is 11.7 Å². The van der Waals surface area contributed by atoms with Gasteiger partial charge in [0, 0.05) is 13.0 Å². The van der Waals surface area contributed by atoms with Crippen LogP contribution in [-0.2, 0) is 9.53 Å². The van der Waals surface area contributed by atoms with E-state index in [1.807, 2.05) is 4.90 Å². The molecule has 0 N–H and O–H groups in total. The molecule has 0 radical (unpaired) electrons. The Hall–Kier alpha value is -0.640. The number of nitrogens with zero attached hydrogens (tertiary/aromatic N) is 1. The van der Waals surface area contributed by atoms with Crippen LogP contribution in [0.3, 0.4) is 0 Å². The van der Waals surface area contributed by atoms with Crippen molar-refractivity contribution >= 4 is 5.97 Å². The van der Waals surface area contributed by atoms with E-state index in [9.17, 15) is 9.18 Å². The monoisotopic (exact) mass is 187 g/mol. The third-order valence-corrected chi connectivity index (χ3v) is 3.17. The Morgan fingerprint density at radius 2 is 2.46 bits per heavy atom. The fourth-order valence-electron chi connectivity index (χ4n) is 2.61. The van der Waals surface area contributed by atoms with Gasteiger partial charge in [0.15, 0.2) is 0 Å². The van der Waals surface area contributed by atoms with E-state index in [1.54, 1.807) is 0 Å². The van der Waals surface area contributed by atoms with Gasteiger partial charge in [-0.25, -0.2) is 4.39 Å². The minimum atomic E-state index is -0.862. The van der Waals surface area contributed by atoms with Gasteiger partial charge in [0.2, 0.25) is 0 Å². The topological polar surface area (TPSA) is 29.5 Å². The first-order chi connectivity index (χ1) is 6.19. The van der Waals surface area contributed by atoms with Gasteiger partial charge in [-0.15, -0.1) is 0 Å². The number of ether oxygens (including phenoxy) is 1. The largest absolute Gasteiger partial charge is 0.468 e. The fourth-order valence-corrected chi connectivity index (χ4v) is 2.61. The normalized spacial score (nSPS) is 39.1. The zero-order valence-electron chi connectivity index (χ0n) is 7.75. The maximum atomic E-state index is 13.1. The third-order valence-electron chi connectivity index (χ3n) is 3.17. The van der Waals surface area contributed by atoms with E-state index in [0.29, 0.717) is 13.0 Å². The lowest BCUT2D eigenvalue weighted by Gasteiger charge is -2.27. The standard InChI is InChI=1S/C9H14FNO2/c1-13-8(12)9-3-2-4-11(9)6-7(10)5-9/h7H,2-6H2,1H3/t7-,9-/m1/s1. The van der Waals surface area contributed by atoms with E-state index in [4.69, 9.17) is 4.74 Å². The highest BCUT2D eigenvalue weighted by Gasteiger charge is 2.54. The molecule has 0 aromatic rings. The molecule has 3 nitrogen and oxygen atoms in total. The molecule has 0 bridgehead atoms. The molecule has 0 aliphatic carbocycles. The van der Waals surface area contributed by atoms with Crippen molar-refractivity contribution in [1.29, 1.82) is 0 Å². The number of hydrogen-bond acceptors (Lipinski definition) is 3. The zero-order valence-corrected chi connectivity index (χ0v) is 7.75. The third kappa shape index (κ3) is 1.15. The van der Waals surface area contributed by atoms with Crippen molar-refractivity contribution in [3.05, 3.63) is 0 Å². The molecule has 0 aromatic carbocycles. The number of halogens is 1. The molecule has 0 spiro atoms. The second-order valence-corrected chi connectivity index (χ2v) is 3.87. The van der Waals surface area contributed by atoms with E-state index >= 15 is 0 Å². The second-order valence-electron chi connectivity index (χ2n) is 3.87. The number of esters is 1. The summed E-state index contributed by atoms with van der Waals surface area (Å²) in [5.74, 6) is -0.259. The first-order valence-electron chi connectivity index (χ1n) is 4.66. The molecule has 4 heteroatoms. The van der Waals surface area contributed by atoms with Crippen molar-refractivity contribution in [2.75, 3.05) is 20.2 Å². The van der Waals surface area contributed by atoms with Gasteiger partial charge in [0.05, 0.1) is 7.11 Å². The maximum Gasteiger partial charge on any atom is 0.326 e. The van der Waals surface area contributed by atoms with E-state index in [-0.39, 0.29) is 5.97 Å². The Bertz CT molecular complexity index is 234. The average Bonchev–Trinajstić information content (AvgIpc) is 2.59. The molecular weight excluding hydrogens is 173 g/mol. The number of rotatable bonds is 1. The maximum absolute atomic E-state index is 13.1. The SMILES string of the molecule is COC(=O)[C@]12CCCN1C[C@H](F)C2. The predicted octanol–water partition coefficient (Wildman–Crippen LogP) is 0.736. The first-order valence-corrected chi connectivity index (χ1v) is 4.66. The van der Waals surface area contributed by atoms with Crippen molar-refractivity contribution in [1.82, 2.24) is 4.90 Å². The van der Waals surface area contributed by atoms with Crippen molar-refractivity contribution < 1.29 is 13.9 Å². The summed E-state index contributed by atoms with van der Waals surface area (Å²) in [5, 5.41) is 0. The fraction of sp³-hybridized carbons (Fsp3) is 0.889. The average molecular weight is 187 g/mol. The highest BCUT2D eigenvalue weighted by molar-refractivity contribution is 5.81. The highest BCUT2D eigenvalue weighted by Crippen LogP contribution is 2.40. The summed E-state index contributed by atoms with van der Waals surface area (Å²) in [7, 11) is 1.37. The molecule has 2 fully saturated rings. The van der Waals surface area contributed by atoms with Crippen molar-refractivity contribution in [2.24, 2.45) is 0 Å². The Kier molecular flexibility index (Phi) is 2.02. The molecule has 2 atom stereocenters. The summed E-state index contributed by atoms with van der Waals surface area (Å²) in [6.07, 6.45) is 1.18. The summed E-state index contributed by atoms with van der Waals surface area (Å²) in [6, 6.07) is 0. The van der Waals surface area contributed by atoms with Crippen LogP contribution in [0.2, 0.25) is 0 Å². The molecule has 2 aliphatic rings. The Labute approximate surface area is 76.8 Å². The highest BCUT2D eigenvalue weighted by atomic mass is 19.1. The number of carbonyl (C=O) groups is 1. The van der Waals surface area contributed by atoms with E-state index in [1.165, 1.54) is 7.11 Å². The van der Waals surface area contributed by atoms with Gasteiger partial charge in [-0.05, 0) is 19.4 Å². The van der Waals surface area contributed by atoms with Crippen LogP contribution in [-0.4, -0.2) is 42.8 Å². The van der Waals surface area contributed by atoms with Gasteiger partial charge in [0.25, 0.3) is 0 Å². The number of hydrogen-bond donors (Lipinski definition) is 0. The molecule has 74 valence electrons. The number of carbonyl (C=O) groups excluding carboxylic acids is 1. The van der Waals surface area contributed by atoms with Crippen LogP contribution >= 0.6 is 0 Å². The molecule has 0 unspecified atom stereocenters. The van der Waals surface area contributed by atoms with Crippen molar-refractivity contribution in [3.63, 3.8) is 0 Å². The lowest BCUT2D eigenvalue weighted by Crippen LogP contribution is -2.46. The Morgan fingerprint density at radius 1 is 1.69 bits per heavy atom. The van der Waals surface area contributed by atoms with Crippen LogP contribution in [0.15, 0.2) is 0 Å². The molecular formula is C9H14FNO2. The van der Waals surface area contributed by atoms with Crippen LogP contribution in [0.1, 0.15) is 19.3 Å².